The molecule has 5 heterocycles. The lowest BCUT2D eigenvalue weighted by Crippen LogP contribution is -2.38. The van der Waals surface area contributed by atoms with Crippen LogP contribution in [0.25, 0.3) is 5.65 Å². The van der Waals surface area contributed by atoms with E-state index in [1.54, 1.807) is 17.5 Å². The third-order valence-electron chi connectivity index (χ3n) is 7.96. The van der Waals surface area contributed by atoms with Crippen LogP contribution in [0.15, 0.2) is 42.5 Å². The molecule has 0 aliphatic carbocycles. The normalized spacial score (nSPS) is 17.5. The predicted octanol–water partition coefficient (Wildman–Crippen LogP) is 5.50. The van der Waals surface area contributed by atoms with Gasteiger partial charge in [0.1, 0.15) is 5.82 Å². The monoisotopic (exact) mass is 573 g/mol. The minimum absolute atomic E-state index is 0.237. The molecule has 0 radical (unpaired) electrons. The standard InChI is InChI=1S/C33H43N5O4/c1-6-41-32(40)29(42-33(3,4)5)28-22(2)35-27-20-26-30(39)34-21-25-15-11-10-14-24(25)13-9-7-8-12-23-16-18-37(19-17-23)31(28)38(27)36-26/h7-8,10-11,14-15,20,23,29H,6,9,12-13,16-19,21H2,1-5H3,(H,34,39)/t29-/m0/s1. The molecule has 1 N–H and O–H groups in total. The molecule has 3 aliphatic heterocycles. The fourth-order valence-electron chi connectivity index (χ4n) is 5.90. The maximum Gasteiger partial charge on any atom is 0.340 e. The van der Waals surface area contributed by atoms with Crippen LogP contribution in [-0.4, -0.2) is 51.8 Å². The number of ether oxygens (including phenoxy) is 2. The summed E-state index contributed by atoms with van der Waals surface area (Å²) < 4.78 is 13.6. The zero-order valence-electron chi connectivity index (χ0n) is 25.5. The molecule has 224 valence electrons. The summed E-state index contributed by atoms with van der Waals surface area (Å²) in [6, 6.07) is 9.97. The van der Waals surface area contributed by atoms with Gasteiger partial charge in [0, 0.05) is 31.4 Å². The van der Waals surface area contributed by atoms with Crippen LogP contribution in [0, 0.1) is 12.8 Å². The molecule has 6 rings (SSSR count). The van der Waals surface area contributed by atoms with Crippen LogP contribution in [0.1, 0.15) is 92.4 Å². The first kappa shape index (κ1) is 29.8. The number of anilines is 1. The van der Waals surface area contributed by atoms with Gasteiger partial charge < -0.3 is 19.7 Å². The summed E-state index contributed by atoms with van der Waals surface area (Å²) in [5.41, 5.74) is 3.83. The van der Waals surface area contributed by atoms with Gasteiger partial charge in [0.15, 0.2) is 17.4 Å². The number of nitrogens with one attached hydrogen (secondary N) is 1. The van der Waals surface area contributed by atoms with Gasteiger partial charge in [0.05, 0.1) is 17.8 Å². The zero-order chi connectivity index (χ0) is 29.9. The number of aryl methyl sites for hydroxylation is 2. The number of allylic oxidation sites excluding steroid dienone is 2. The van der Waals surface area contributed by atoms with Gasteiger partial charge in [-0.1, -0.05) is 36.4 Å². The van der Waals surface area contributed by atoms with Crippen LogP contribution in [-0.2, 0) is 27.2 Å². The molecule has 3 aliphatic rings. The van der Waals surface area contributed by atoms with E-state index in [4.69, 9.17) is 19.6 Å². The molecule has 1 saturated heterocycles. The topological polar surface area (TPSA) is 98.1 Å². The van der Waals surface area contributed by atoms with Crippen LogP contribution >= 0.6 is 0 Å². The van der Waals surface area contributed by atoms with Crippen molar-refractivity contribution in [1.82, 2.24) is 19.9 Å². The number of aromatic nitrogens is 3. The van der Waals surface area contributed by atoms with E-state index in [9.17, 15) is 9.59 Å². The van der Waals surface area contributed by atoms with Crippen LogP contribution in [0.3, 0.4) is 0 Å². The Morgan fingerprint density at radius 2 is 1.88 bits per heavy atom. The van der Waals surface area contributed by atoms with Crippen molar-refractivity contribution in [2.45, 2.75) is 85.0 Å². The van der Waals surface area contributed by atoms with Crippen molar-refractivity contribution < 1.29 is 19.1 Å². The number of benzene rings is 1. The number of nitrogens with zero attached hydrogens (tertiary/aromatic N) is 4. The highest BCUT2D eigenvalue weighted by molar-refractivity contribution is 5.93. The Morgan fingerprint density at radius 1 is 1.14 bits per heavy atom. The molecular formula is C33H43N5O4. The molecule has 4 bridgehead atoms. The first-order valence-corrected chi connectivity index (χ1v) is 15.1. The molecule has 42 heavy (non-hydrogen) atoms. The van der Waals surface area contributed by atoms with Crippen molar-refractivity contribution in [1.29, 1.82) is 0 Å². The zero-order valence-corrected chi connectivity index (χ0v) is 25.5. The Hall–Kier alpha value is -3.72. The van der Waals surface area contributed by atoms with E-state index in [-0.39, 0.29) is 18.2 Å². The van der Waals surface area contributed by atoms with E-state index >= 15 is 0 Å². The van der Waals surface area contributed by atoms with Gasteiger partial charge in [-0.05, 0) is 83.8 Å². The molecule has 0 unspecified atom stereocenters. The highest BCUT2D eigenvalue weighted by Gasteiger charge is 2.36. The molecule has 9 nitrogen and oxygen atoms in total. The van der Waals surface area contributed by atoms with E-state index in [0.717, 1.165) is 56.6 Å². The van der Waals surface area contributed by atoms with Crippen LogP contribution in [0.4, 0.5) is 5.82 Å². The molecule has 2 aromatic heterocycles. The minimum Gasteiger partial charge on any atom is -0.464 e. The van der Waals surface area contributed by atoms with E-state index in [0.29, 0.717) is 29.4 Å². The first-order chi connectivity index (χ1) is 20.1. The minimum atomic E-state index is -0.992. The van der Waals surface area contributed by atoms with Crippen molar-refractivity contribution in [2.24, 2.45) is 5.92 Å². The summed E-state index contributed by atoms with van der Waals surface area (Å²) in [4.78, 5) is 33.9. The van der Waals surface area contributed by atoms with Crippen molar-refractivity contribution in [3.05, 3.63) is 70.6 Å². The summed E-state index contributed by atoms with van der Waals surface area (Å²) in [7, 11) is 0. The van der Waals surface area contributed by atoms with Crippen molar-refractivity contribution in [3.8, 4) is 0 Å². The van der Waals surface area contributed by atoms with Crippen LogP contribution in [0.2, 0.25) is 0 Å². The number of hydrogen-bond donors (Lipinski definition) is 1. The summed E-state index contributed by atoms with van der Waals surface area (Å²) >= 11 is 0. The lowest BCUT2D eigenvalue weighted by molar-refractivity contribution is -0.166. The molecule has 3 aromatic rings. The van der Waals surface area contributed by atoms with E-state index in [2.05, 4.69) is 34.5 Å². The Bertz CT molecular complexity index is 1460. The molecule has 1 fully saturated rings. The summed E-state index contributed by atoms with van der Waals surface area (Å²) in [5.74, 6) is 0.583. The first-order valence-electron chi connectivity index (χ1n) is 15.1. The van der Waals surface area contributed by atoms with E-state index in [1.807, 2.05) is 39.8 Å². The number of esters is 1. The molecule has 0 saturated carbocycles. The molecule has 9 heteroatoms. The second kappa shape index (κ2) is 12.7. The van der Waals surface area contributed by atoms with Gasteiger partial charge in [-0.15, -0.1) is 0 Å². The largest absolute Gasteiger partial charge is 0.464 e. The third-order valence-corrected chi connectivity index (χ3v) is 7.96. The Morgan fingerprint density at radius 3 is 2.60 bits per heavy atom. The summed E-state index contributed by atoms with van der Waals surface area (Å²) in [6.45, 7) is 11.7. The maximum atomic E-state index is 13.4. The number of carbonyl (C=O) groups is 2. The molecule has 1 atom stereocenters. The number of carbonyl (C=O) groups excluding carboxylic acids is 2. The van der Waals surface area contributed by atoms with Crippen molar-refractivity contribution >= 4 is 23.3 Å². The highest BCUT2D eigenvalue weighted by Crippen LogP contribution is 2.37. The Balaban J connectivity index is 1.62. The molecule has 1 aromatic carbocycles. The Kier molecular flexibility index (Phi) is 8.96. The van der Waals surface area contributed by atoms with E-state index < -0.39 is 17.7 Å². The van der Waals surface area contributed by atoms with Gasteiger partial charge >= 0.3 is 5.97 Å². The average Bonchev–Trinajstić information content (AvgIpc) is 3.38. The Labute approximate surface area is 248 Å². The number of piperidine rings is 1. The number of amides is 1. The molecule has 1 amide bonds. The number of rotatable bonds is 4. The van der Waals surface area contributed by atoms with Gasteiger partial charge in [-0.2, -0.15) is 9.61 Å². The quantitative estimate of drug-likeness (QED) is 0.325. The van der Waals surface area contributed by atoms with Gasteiger partial charge in [0.25, 0.3) is 5.91 Å². The lowest BCUT2D eigenvalue weighted by atomic mass is 9.92. The van der Waals surface area contributed by atoms with Gasteiger partial charge in [0.2, 0.25) is 0 Å². The maximum absolute atomic E-state index is 13.4. The third kappa shape index (κ3) is 6.67. The highest BCUT2D eigenvalue weighted by atomic mass is 16.6. The summed E-state index contributed by atoms with van der Waals surface area (Å²) in [6.07, 6.45) is 8.58. The van der Waals surface area contributed by atoms with Crippen molar-refractivity contribution in [3.63, 3.8) is 0 Å². The fourth-order valence-corrected chi connectivity index (χ4v) is 5.90. The second-order valence-corrected chi connectivity index (χ2v) is 12.2. The SMILES string of the molecule is CCOC(=O)[C@@H](OC(C)(C)C)c1c(C)nc2cc3nn2c1N1CCC(CC=CCCc2ccccc2CNC3=O)CC1. The number of fused-ring (bicyclic) bond motifs is 7. The van der Waals surface area contributed by atoms with Gasteiger partial charge in [-0.3, -0.25) is 4.79 Å². The molecule has 0 spiro atoms. The lowest BCUT2D eigenvalue weighted by Gasteiger charge is -2.36. The van der Waals surface area contributed by atoms with Crippen LogP contribution in [0.5, 0.6) is 0 Å². The van der Waals surface area contributed by atoms with Crippen LogP contribution < -0.4 is 10.2 Å². The number of hydrogen-bond acceptors (Lipinski definition) is 7. The summed E-state index contributed by atoms with van der Waals surface area (Å²) in [5, 5.41) is 7.84. The fraction of sp³-hybridized carbons (Fsp3) is 0.515. The molecular weight excluding hydrogens is 530 g/mol. The second-order valence-electron chi connectivity index (χ2n) is 12.2. The smallest absolute Gasteiger partial charge is 0.340 e. The van der Waals surface area contributed by atoms with Gasteiger partial charge in [-0.25, -0.2) is 9.78 Å². The van der Waals surface area contributed by atoms with E-state index in [1.165, 1.54) is 5.56 Å². The predicted molar refractivity (Wildman–Crippen MR) is 163 cm³/mol. The average molecular weight is 574 g/mol. The van der Waals surface area contributed by atoms with Crippen molar-refractivity contribution in [2.75, 3.05) is 24.6 Å².